The van der Waals surface area contributed by atoms with Crippen molar-refractivity contribution in [3.8, 4) is 0 Å². The Morgan fingerprint density at radius 3 is 2.85 bits per heavy atom. The molecule has 0 aliphatic carbocycles. The van der Waals surface area contributed by atoms with Crippen molar-refractivity contribution in [3.05, 3.63) is 47.4 Å². The molecule has 0 saturated carbocycles. The molecule has 0 radical (unpaired) electrons. The van der Waals surface area contributed by atoms with E-state index in [1.807, 2.05) is 17.7 Å². The van der Waals surface area contributed by atoms with Gasteiger partial charge in [0.2, 0.25) is 0 Å². The van der Waals surface area contributed by atoms with Crippen LogP contribution in [-0.4, -0.2) is 40.4 Å². The van der Waals surface area contributed by atoms with Crippen molar-refractivity contribution in [2.24, 2.45) is 0 Å². The first-order valence-corrected chi connectivity index (χ1v) is 8.97. The van der Waals surface area contributed by atoms with E-state index in [-0.39, 0.29) is 24.0 Å². The van der Waals surface area contributed by atoms with Gasteiger partial charge < -0.3 is 9.64 Å². The van der Waals surface area contributed by atoms with E-state index in [4.69, 9.17) is 4.74 Å². The number of hydrogen-bond acceptors (Lipinski definition) is 3. The van der Waals surface area contributed by atoms with E-state index in [0.29, 0.717) is 25.5 Å². The predicted octanol–water partition coefficient (Wildman–Crippen LogP) is 3.91. The normalized spacial score (nSPS) is 18.6. The third-order valence-corrected chi connectivity index (χ3v) is 4.76. The molecule has 26 heavy (non-hydrogen) atoms. The van der Waals surface area contributed by atoms with E-state index >= 15 is 0 Å². The van der Waals surface area contributed by atoms with Gasteiger partial charge >= 0.3 is 6.03 Å². The topological polar surface area (TPSA) is 59.4 Å². The number of nitrogens with zero attached hydrogens (tertiary/aromatic N) is 3. The quantitative estimate of drug-likeness (QED) is 0.899. The minimum absolute atomic E-state index is 0.200. The number of aryl methyl sites for hydroxylation is 1. The Morgan fingerprint density at radius 2 is 2.15 bits per heavy atom. The minimum Gasteiger partial charge on any atom is -0.370 e. The molecule has 1 aliphatic heterocycles. The third kappa shape index (κ3) is 4.04. The van der Waals surface area contributed by atoms with Gasteiger partial charge in [0.1, 0.15) is 11.9 Å². The van der Waals surface area contributed by atoms with Gasteiger partial charge in [0, 0.05) is 24.3 Å². The lowest BCUT2D eigenvalue weighted by molar-refractivity contribution is -0.0135. The lowest BCUT2D eigenvalue weighted by atomic mass is 10.1. The second kappa shape index (κ2) is 7.86. The molecule has 6 nitrogen and oxygen atoms in total. The number of aromatic nitrogens is 2. The van der Waals surface area contributed by atoms with Crippen LogP contribution in [0, 0.1) is 12.7 Å². The summed E-state index contributed by atoms with van der Waals surface area (Å²) < 4.78 is 20.8. The lowest BCUT2D eigenvalue weighted by Gasteiger charge is -2.33. The van der Waals surface area contributed by atoms with E-state index in [2.05, 4.69) is 24.3 Å². The molecule has 2 aromatic rings. The van der Waals surface area contributed by atoms with Crippen molar-refractivity contribution in [1.29, 1.82) is 0 Å². The molecule has 0 spiro atoms. The van der Waals surface area contributed by atoms with Gasteiger partial charge in [0.15, 0.2) is 5.82 Å². The Bertz CT molecular complexity index is 759. The van der Waals surface area contributed by atoms with Gasteiger partial charge in [-0.15, -0.1) is 0 Å². The van der Waals surface area contributed by atoms with Crippen molar-refractivity contribution in [3.63, 3.8) is 0 Å². The van der Waals surface area contributed by atoms with Crippen LogP contribution in [0.3, 0.4) is 0 Å². The van der Waals surface area contributed by atoms with Crippen LogP contribution in [0.25, 0.3) is 0 Å². The number of carbonyl (C=O) groups is 1. The zero-order valence-corrected chi connectivity index (χ0v) is 15.4. The summed E-state index contributed by atoms with van der Waals surface area (Å²) in [7, 11) is 0. The van der Waals surface area contributed by atoms with Crippen LogP contribution < -0.4 is 5.32 Å². The fourth-order valence-corrected chi connectivity index (χ4v) is 3.07. The molecular weight excluding hydrogens is 335 g/mol. The van der Waals surface area contributed by atoms with Crippen LogP contribution in [0.5, 0.6) is 0 Å². The first-order valence-electron chi connectivity index (χ1n) is 8.97. The second-order valence-electron chi connectivity index (χ2n) is 6.66. The summed E-state index contributed by atoms with van der Waals surface area (Å²) in [6.07, 6.45) is 0.716. The molecule has 1 aromatic heterocycles. The Labute approximate surface area is 152 Å². The fourth-order valence-electron chi connectivity index (χ4n) is 3.07. The molecule has 1 fully saturated rings. The van der Waals surface area contributed by atoms with Gasteiger partial charge in [0.25, 0.3) is 0 Å². The predicted molar refractivity (Wildman–Crippen MR) is 97.7 cm³/mol. The summed E-state index contributed by atoms with van der Waals surface area (Å²) in [5, 5.41) is 7.36. The molecule has 3 rings (SSSR count). The molecule has 2 amide bonds. The van der Waals surface area contributed by atoms with Crippen LogP contribution in [0.2, 0.25) is 0 Å². The largest absolute Gasteiger partial charge is 0.370 e. The molecule has 1 saturated heterocycles. The minimum atomic E-state index is -0.286. The Hall–Kier alpha value is -2.41. The second-order valence-corrected chi connectivity index (χ2v) is 6.66. The van der Waals surface area contributed by atoms with Gasteiger partial charge in [-0.3, -0.25) is 10.00 Å². The Balaban J connectivity index is 1.65. The maximum Gasteiger partial charge on any atom is 0.323 e. The molecule has 1 aromatic carbocycles. The number of benzene rings is 1. The smallest absolute Gasteiger partial charge is 0.323 e. The van der Waals surface area contributed by atoms with Gasteiger partial charge in [-0.1, -0.05) is 19.1 Å². The zero-order chi connectivity index (χ0) is 18.7. The lowest BCUT2D eigenvalue weighted by Crippen LogP contribution is -2.44. The number of rotatable bonds is 4. The zero-order valence-electron chi connectivity index (χ0n) is 15.4. The van der Waals surface area contributed by atoms with Gasteiger partial charge in [-0.2, -0.15) is 5.10 Å². The molecular formula is C19H25FN4O2. The highest BCUT2D eigenvalue weighted by Gasteiger charge is 2.26. The van der Waals surface area contributed by atoms with Crippen molar-refractivity contribution >= 4 is 11.8 Å². The number of urea groups is 1. The van der Waals surface area contributed by atoms with E-state index < -0.39 is 0 Å². The molecule has 2 heterocycles. The maximum atomic E-state index is 13.1. The van der Waals surface area contributed by atoms with Crippen molar-refractivity contribution in [2.75, 3.05) is 25.0 Å². The molecule has 140 valence electrons. The number of ether oxygens (including phenoxy) is 1. The monoisotopic (exact) mass is 360 g/mol. The molecule has 2 unspecified atom stereocenters. The Morgan fingerprint density at radius 1 is 1.42 bits per heavy atom. The SMILES string of the molecule is CCC(C)n1nc(NC(=O)N2CCOC(c3ccc(F)cc3)C2)cc1C. The van der Waals surface area contributed by atoms with Gasteiger partial charge in [-0.05, 0) is 38.0 Å². The third-order valence-electron chi connectivity index (χ3n) is 4.76. The first-order chi connectivity index (χ1) is 12.5. The summed E-state index contributed by atoms with van der Waals surface area (Å²) in [6, 6.07) is 8.16. The number of halogens is 1. The summed E-state index contributed by atoms with van der Waals surface area (Å²) in [4.78, 5) is 14.3. The van der Waals surface area contributed by atoms with Crippen LogP contribution in [0.1, 0.15) is 43.7 Å². The molecule has 1 N–H and O–H groups in total. The van der Waals surface area contributed by atoms with Crippen LogP contribution >= 0.6 is 0 Å². The van der Waals surface area contributed by atoms with Gasteiger partial charge in [0.05, 0.1) is 13.2 Å². The van der Waals surface area contributed by atoms with E-state index in [1.165, 1.54) is 12.1 Å². The van der Waals surface area contributed by atoms with E-state index in [9.17, 15) is 9.18 Å². The van der Waals surface area contributed by atoms with Crippen LogP contribution in [0.15, 0.2) is 30.3 Å². The Kier molecular flexibility index (Phi) is 5.56. The molecule has 7 heteroatoms. The van der Waals surface area contributed by atoms with Crippen molar-refractivity contribution in [2.45, 2.75) is 39.3 Å². The van der Waals surface area contributed by atoms with E-state index in [0.717, 1.165) is 17.7 Å². The number of morpholine rings is 1. The molecule has 1 aliphatic rings. The summed E-state index contributed by atoms with van der Waals surface area (Å²) >= 11 is 0. The van der Waals surface area contributed by atoms with Crippen molar-refractivity contribution < 1.29 is 13.9 Å². The number of hydrogen-bond donors (Lipinski definition) is 1. The van der Waals surface area contributed by atoms with Crippen LogP contribution in [-0.2, 0) is 4.74 Å². The fraction of sp³-hybridized carbons (Fsp3) is 0.474. The standard InChI is InChI=1S/C19H25FN4O2/c1-4-13(2)24-14(3)11-18(22-24)21-19(25)23-9-10-26-17(12-23)15-5-7-16(20)8-6-15/h5-8,11,13,17H,4,9-10,12H2,1-3H3,(H,21,22,25). The highest BCUT2D eigenvalue weighted by Crippen LogP contribution is 2.23. The number of anilines is 1. The average molecular weight is 360 g/mol. The molecule has 2 atom stereocenters. The first kappa shape index (κ1) is 18.4. The van der Waals surface area contributed by atoms with Gasteiger partial charge in [-0.25, -0.2) is 9.18 Å². The van der Waals surface area contributed by atoms with Crippen molar-refractivity contribution in [1.82, 2.24) is 14.7 Å². The highest BCUT2D eigenvalue weighted by molar-refractivity contribution is 5.88. The number of amides is 2. The summed E-state index contributed by atoms with van der Waals surface area (Å²) in [6.45, 7) is 7.55. The summed E-state index contributed by atoms with van der Waals surface area (Å²) in [5.41, 5.74) is 1.88. The number of nitrogens with one attached hydrogen (secondary N) is 1. The summed E-state index contributed by atoms with van der Waals surface area (Å²) in [5.74, 6) is 0.268. The van der Waals surface area contributed by atoms with E-state index in [1.54, 1.807) is 17.0 Å². The number of carbonyl (C=O) groups excluding carboxylic acids is 1. The molecule has 0 bridgehead atoms. The maximum absolute atomic E-state index is 13.1. The highest BCUT2D eigenvalue weighted by atomic mass is 19.1. The average Bonchev–Trinajstić information content (AvgIpc) is 3.02. The van der Waals surface area contributed by atoms with Crippen LogP contribution in [0.4, 0.5) is 15.0 Å².